The van der Waals surface area contributed by atoms with Crippen molar-refractivity contribution in [2.24, 2.45) is 0 Å². The SMILES string of the molecule is OC1(c2ccc(F)c(F)c2)CC2CCC(C1)O2. The lowest BCUT2D eigenvalue weighted by atomic mass is 9.83. The highest BCUT2D eigenvalue weighted by molar-refractivity contribution is 5.25. The summed E-state index contributed by atoms with van der Waals surface area (Å²) in [5.41, 5.74) is -0.616. The Morgan fingerprint density at radius 3 is 2.35 bits per heavy atom. The molecule has 17 heavy (non-hydrogen) atoms. The summed E-state index contributed by atoms with van der Waals surface area (Å²) in [6.45, 7) is 0. The van der Waals surface area contributed by atoms with Crippen LogP contribution in [-0.2, 0) is 10.3 Å². The van der Waals surface area contributed by atoms with Crippen molar-refractivity contribution in [3.63, 3.8) is 0 Å². The van der Waals surface area contributed by atoms with E-state index in [1.807, 2.05) is 0 Å². The third-order valence-corrected chi connectivity index (χ3v) is 3.78. The van der Waals surface area contributed by atoms with Crippen LogP contribution in [0.5, 0.6) is 0 Å². The predicted molar refractivity (Wildman–Crippen MR) is 57.4 cm³/mol. The van der Waals surface area contributed by atoms with Crippen LogP contribution < -0.4 is 0 Å². The normalized spacial score (nSPS) is 36.2. The molecule has 4 heteroatoms. The van der Waals surface area contributed by atoms with E-state index < -0.39 is 17.2 Å². The van der Waals surface area contributed by atoms with Crippen LogP contribution in [0.15, 0.2) is 18.2 Å². The van der Waals surface area contributed by atoms with E-state index in [4.69, 9.17) is 4.74 Å². The first-order valence-corrected chi connectivity index (χ1v) is 5.90. The zero-order valence-electron chi connectivity index (χ0n) is 9.33. The van der Waals surface area contributed by atoms with Crippen LogP contribution in [0.2, 0.25) is 0 Å². The van der Waals surface area contributed by atoms with Gasteiger partial charge in [0, 0.05) is 12.8 Å². The number of hydrogen-bond donors (Lipinski definition) is 1. The fraction of sp³-hybridized carbons (Fsp3) is 0.538. The Morgan fingerprint density at radius 2 is 1.76 bits per heavy atom. The molecule has 0 amide bonds. The molecule has 0 radical (unpaired) electrons. The van der Waals surface area contributed by atoms with Gasteiger partial charge in [-0.3, -0.25) is 0 Å². The van der Waals surface area contributed by atoms with Crippen LogP contribution >= 0.6 is 0 Å². The summed E-state index contributed by atoms with van der Waals surface area (Å²) in [4.78, 5) is 0. The van der Waals surface area contributed by atoms with Gasteiger partial charge in [0.05, 0.1) is 17.8 Å². The van der Waals surface area contributed by atoms with Gasteiger partial charge in [-0.05, 0) is 30.5 Å². The Bertz CT molecular complexity index is 435. The van der Waals surface area contributed by atoms with Crippen molar-refractivity contribution in [2.75, 3.05) is 0 Å². The largest absolute Gasteiger partial charge is 0.385 e. The number of benzene rings is 1. The van der Waals surface area contributed by atoms with Crippen molar-refractivity contribution in [1.82, 2.24) is 0 Å². The van der Waals surface area contributed by atoms with E-state index in [1.165, 1.54) is 6.07 Å². The van der Waals surface area contributed by atoms with Crippen LogP contribution in [0.3, 0.4) is 0 Å². The Hall–Kier alpha value is -1.00. The molecule has 2 unspecified atom stereocenters. The van der Waals surface area contributed by atoms with Crippen molar-refractivity contribution in [3.8, 4) is 0 Å². The Balaban J connectivity index is 1.94. The summed E-state index contributed by atoms with van der Waals surface area (Å²) in [5, 5.41) is 10.6. The van der Waals surface area contributed by atoms with Crippen LogP contribution in [0.4, 0.5) is 8.78 Å². The molecule has 2 aliphatic heterocycles. The Labute approximate surface area is 98.2 Å². The Morgan fingerprint density at radius 1 is 1.12 bits per heavy atom. The number of rotatable bonds is 1. The molecule has 0 saturated carbocycles. The molecule has 1 N–H and O–H groups in total. The number of ether oxygens (including phenoxy) is 1. The second-order valence-electron chi connectivity index (χ2n) is 5.03. The summed E-state index contributed by atoms with van der Waals surface area (Å²) in [6.07, 6.45) is 2.91. The van der Waals surface area contributed by atoms with Crippen molar-refractivity contribution in [1.29, 1.82) is 0 Å². The summed E-state index contributed by atoms with van der Waals surface area (Å²) < 4.78 is 31.7. The highest BCUT2D eigenvalue weighted by atomic mass is 19.2. The van der Waals surface area contributed by atoms with Crippen molar-refractivity contribution in [3.05, 3.63) is 35.4 Å². The van der Waals surface area contributed by atoms with Crippen LogP contribution in [0.25, 0.3) is 0 Å². The molecule has 2 aliphatic rings. The molecule has 92 valence electrons. The monoisotopic (exact) mass is 240 g/mol. The Kier molecular flexibility index (Phi) is 2.45. The molecule has 2 heterocycles. The maximum Gasteiger partial charge on any atom is 0.159 e. The van der Waals surface area contributed by atoms with Crippen LogP contribution in [-0.4, -0.2) is 17.3 Å². The van der Waals surface area contributed by atoms with E-state index in [0.29, 0.717) is 18.4 Å². The standard InChI is InChI=1S/C13H14F2O2/c14-11-4-1-8(5-12(11)15)13(16)6-9-2-3-10(7-13)17-9/h1,4-5,9-10,16H,2-3,6-7H2. The fourth-order valence-corrected chi connectivity index (χ4v) is 2.94. The van der Waals surface area contributed by atoms with Crippen molar-refractivity contribution < 1.29 is 18.6 Å². The maximum atomic E-state index is 13.2. The maximum absolute atomic E-state index is 13.2. The van der Waals surface area contributed by atoms with Crippen molar-refractivity contribution in [2.45, 2.75) is 43.5 Å². The van der Waals surface area contributed by atoms with Gasteiger partial charge < -0.3 is 9.84 Å². The van der Waals surface area contributed by atoms with Crippen LogP contribution in [0.1, 0.15) is 31.2 Å². The molecule has 0 aromatic heterocycles. The third-order valence-electron chi connectivity index (χ3n) is 3.78. The third kappa shape index (κ3) is 1.85. The lowest BCUT2D eigenvalue weighted by Gasteiger charge is -2.36. The molecule has 2 fully saturated rings. The minimum absolute atomic E-state index is 0.0480. The molecule has 2 saturated heterocycles. The van der Waals surface area contributed by atoms with Gasteiger partial charge in [-0.15, -0.1) is 0 Å². The van der Waals surface area contributed by atoms with E-state index in [9.17, 15) is 13.9 Å². The molecule has 1 aromatic carbocycles. The first kappa shape index (κ1) is 11.1. The molecule has 1 aromatic rings. The first-order chi connectivity index (χ1) is 8.07. The van der Waals surface area contributed by atoms with Gasteiger partial charge in [0.2, 0.25) is 0 Å². The van der Waals surface area contributed by atoms with Crippen molar-refractivity contribution >= 4 is 0 Å². The van der Waals surface area contributed by atoms with E-state index in [0.717, 1.165) is 25.0 Å². The molecule has 2 nitrogen and oxygen atoms in total. The molecule has 2 bridgehead atoms. The number of aliphatic hydroxyl groups is 1. The van der Waals surface area contributed by atoms with E-state index in [-0.39, 0.29) is 12.2 Å². The highest BCUT2D eigenvalue weighted by Gasteiger charge is 2.44. The molecular formula is C13H14F2O2. The average molecular weight is 240 g/mol. The minimum atomic E-state index is -1.07. The highest BCUT2D eigenvalue weighted by Crippen LogP contribution is 2.43. The predicted octanol–water partition coefficient (Wildman–Crippen LogP) is 2.49. The van der Waals surface area contributed by atoms with Gasteiger partial charge in [-0.2, -0.15) is 0 Å². The second kappa shape index (κ2) is 3.75. The summed E-state index contributed by atoms with van der Waals surface area (Å²) in [5.74, 6) is -1.79. The lowest BCUT2D eigenvalue weighted by Crippen LogP contribution is -2.38. The fourth-order valence-electron chi connectivity index (χ4n) is 2.94. The molecule has 0 spiro atoms. The average Bonchev–Trinajstić information content (AvgIpc) is 2.62. The van der Waals surface area contributed by atoms with E-state index in [1.54, 1.807) is 0 Å². The van der Waals surface area contributed by atoms with E-state index in [2.05, 4.69) is 0 Å². The van der Waals surface area contributed by atoms with Gasteiger partial charge in [-0.1, -0.05) is 6.07 Å². The number of halogens is 2. The van der Waals surface area contributed by atoms with Gasteiger partial charge in [0.25, 0.3) is 0 Å². The van der Waals surface area contributed by atoms with Gasteiger partial charge >= 0.3 is 0 Å². The zero-order valence-corrected chi connectivity index (χ0v) is 9.33. The zero-order chi connectivity index (χ0) is 12.0. The first-order valence-electron chi connectivity index (χ1n) is 5.90. The minimum Gasteiger partial charge on any atom is -0.385 e. The van der Waals surface area contributed by atoms with Gasteiger partial charge in [0.15, 0.2) is 11.6 Å². The topological polar surface area (TPSA) is 29.5 Å². The van der Waals surface area contributed by atoms with E-state index >= 15 is 0 Å². The second-order valence-corrected chi connectivity index (χ2v) is 5.03. The molecule has 2 atom stereocenters. The summed E-state index contributed by atoms with van der Waals surface area (Å²) in [6, 6.07) is 3.63. The smallest absolute Gasteiger partial charge is 0.159 e. The van der Waals surface area contributed by atoms with Crippen LogP contribution in [0, 0.1) is 11.6 Å². The molecular weight excluding hydrogens is 226 g/mol. The quantitative estimate of drug-likeness (QED) is 0.817. The molecule has 3 rings (SSSR count). The summed E-state index contributed by atoms with van der Waals surface area (Å²) >= 11 is 0. The number of hydrogen-bond acceptors (Lipinski definition) is 2. The summed E-state index contributed by atoms with van der Waals surface area (Å²) in [7, 11) is 0. The molecule has 0 aliphatic carbocycles. The lowest BCUT2D eigenvalue weighted by molar-refractivity contribution is -0.115. The van der Waals surface area contributed by atoms with Gasteiger partial charge in [0.1, 0.15) is 0 Å². The van der Waals surface area contributed by atoms with Gasteiger partial charge in [-0.25, -0.2) is 8.78 Å². The number of fused-ring (bicyclic) bond motifs is 2.